The van der Waals surface area contributed by atoms with Gasteiger partial charge in [-0.3, -0.25) is 0 Å². The monoisotopic (exact) mass is 432 g/mol. The molecule has 1 radical (unpaired) electrons. The molecule has 49 valence electrons. The van der Waals surface area contributed by atoms with Gasteiger partial charge in [-0.15, -0.1) is 0 Å². The van der Waals surface area contributed by atoms with Crippen molar-refractivity contribution >= 4 is 27.0 Å². The van der Waals surface area contributed by atoms with Crippen molar-refractivity contribution < 1.29 is 52.1 Å². The Kier molecular flexibility index (Phi) is 23.0. The molecule has 0 aromatic rings. The second-order valence-corrected chi connectivity index (χ2v) is 2.54. The van der Waals surface area contributed by atoms with E-state index in [1.165, 1.54) is 19.4 Å². The summed E-state index contributed by atoms with van der Waals surface area (Å²) in [7, 11) is 0. The van der Waals surface area contributed by atoms with Gasteiger partial charge in [-0.1, -0.05) is 0 Å². The van der Waals surface area contributed by atoms with Crippen LogP contribution in [0.5, 0.6) is 0 Å². The van der Waals surface area contributed by atoms with Crippen molar-refractivity contribution in [3.05, 3.63) is 18.1 Å². The van der Waals surface area contributed by atoms with Crippen molar-refractivity contribution in [2.24, 2.45) is 4.99 Å². The van der Waals surface area contributed by atoms with Crippen LogP contribution in [0, 0.1) is 7.43 Å². The van der Waals surface area contributed by atoms with Crippen molar-refractivity contribution in [2.45, 2.75) is 0 Å². The van der Waals surface area contributed by atoms with Crippen LogP contribution in [0.4, 0.5) is 0 Å². The molecule has 0 saturated heterocycles. The van der Waals surface area contributed by atoms with E-state index in [0.717, 1.165) is 4.48 Å². The van der Waals surface area contributed by atoms with Crippen LogP contribution in [-0.2, 0) is 52.1 Å². The minimum atomic E-state index is 0. The first-order valence-corrected chi connectivity index (χ1v) is 4.01. The van der Waals surface area contributed by atoms with Gasteiger partial charge in [0.25, 0.3) is 0 Å². The molecule has 0 saturated carbocycles. The standard InChI is InChI=1S/C4H3BrN.CH3.W.Y/c1-4(5)3-6-2;;;/h1-3H;1H3;;/q2*-1;;/b4-3+;;;. The van der Waals surface area contributed by atoms with E-state index in [-0.39, 0.29) is 40.1 Å². The molecule has 0 N–H and O–H groups in total. The minimum Gasteiger partial charge on any atom is -0.358 e. The van der Waals surface area contributed by atoms with Crippen molar-refractivity contribution in [3.63, 3.8) is 0 Å². The van der Waals surface area contributed by atoms with Gasteiger partial charge in [0.2, 0.25) is 0 Å². The molecule has 0 amide bonds. The van der Waals surface area contributed by atoms with Crippen molar-refractivity contribution in [1.82, 2.24) is 0 Å². The maximum Gasteiger partial charge on any atom is 0 e. The first-order valence-electron chi connectivity index (χ1n) is 1.52. The van der Waals surface area contributed by atoms with Crippen LogP contribution < -0.4 is 0 Å². The Hall–Kier alpha value is 1.55. The van der Waals surface area contributed by atoms with Crippen molar-refractivity contribution in [1.29, 1.82) is 0 Å². The summed E-state index contributed by atoms with van der Waals surface area (Å²) in [6, 6.07) is 0. The molecule has 0 aromatic heterocycles. The van der Waals surface area contributed by atoms with E-state index < -0.39 is 0 Å². The van der Waals surface area contributed by atoms with Gasteiger partial charge in [0.15, 0.2) is 0 Å². The van der Waals surface area contributed by atoms with E-state index in [9.17, 15) is 0 Å². The summed E-state index contributed by atoms with van der Waals surface area (Å²) in [6.45, 7) is 4.81. The number of aliphatic imine (C=N–C) groups is 1. The van der Waals surface area contributed by atoms with E-state index in [1.807, 2.05) is 4.40 Å². The third-order valence-electron chi connectivity index (χ3n) is 0.310. The fraction of sp³-hybridized carbons (Fsp3) is 0. The normalized spacial score (nSPS) is 8.33. The van der Waals surface area contributed by atoms with Crippen LogP contribution >= 0.6 is 15.9 Å². The van der Waals surface area contributed by atoms with Crippen LogP contribution in [0.3, 0.4) is 0 Å². The van der Waals surface area contributed by atoms with Gasteiger partial charge in [0.05, 0.1) is 0 Å². The predicted molar refractivity (Wildman–Crippen MR) is 38.0 cm³/mol. The van der Waals surface area contributed by atoms with Crippen LogP contribution in [0.25, 0.3) is 0 Å². The fourth-order valence-electron chi connectivity index (χ4n) is 0.102. The van der Waals surface area contributed by atoms with Gasteiger partial charge >= 0.3 is 62.1 Å². The first kappa shape index (κ1) is 16.9. The Balaban J connectivity index is -0.000000180. The molecule has 0 aromatic carbocycles. The van der Waals surface area contributed by atoms with E-state index in [4.69, 9.17) is 6.72 Å². The van der Waals surface area contributed by atoms with Crippen LogP contribution in [-0.4, -0.2) is 11.1 Å². The molecule has 1 nitrogen and oxygen atoms in total. The summed E-state index contributed by atoms with van der Waals surface area (Å²) in [5, 5.41) is 0. The molecule has 0 atom stereocenters. The zero-order valence-electron chi connectivity index (χ0n) is 5.04. The SMILES string of the molecule is [CH-]=N/C=C(/Br)[CH]=[W].[CH3-].[Y]. The van der Waals surface area contributed by atoms with E-state index >= 15 is 0 Å². The predicted octanol–water partition coefficient (Wildman–Crippen LogP) is 1.60. The quantitative estimate of drug-likeness (QED) is 0.464. The van der Waals surface area contributed by atoms with Gasteiger partial charge in [0, 0.05) is 32.7 Å². The summed E-state index contributed by atoms with van der Waals surface area (Å²) in [6.07, 6.45) is 1.55. The average Bonchev–Trinajstić information content (AvgIpc) is 1.68. The Bertz CT molecular complexity index is 114. The summed E-state index contributed by atoms with van der Waals surface area (Å²) >= 11 is 4.57. The molecule has 0 aliphatic rings. The van der Waals surface area contributed by atoms with Gasteiger partial charge in [-0.05, 0) is 0 Å². The second-order valence-electron chi connectivity index (χ2n) is 0.781. The Labute approximate surface area is 101 Å². The number of nitrogens with zero attached hydrogens (tertiary/aromatic N) is 1. The topological polar surface area (TPSA) is 12.4 Å². The first-order chi connectivity index (χ1) is 3.31. The number of halogens is 1. The number of hydrogen-bond donors (Lipinski definition) is 0. The summed E-state index contributed by atoms with van der Waals surface area (Å²) in [4.78, 5) is 3.28. The van der Waals surface area contributed by atoms with Gasteiger partial charge in [0.1, 0.15) is 0 Å². The molecule has 0 fully saturated rings. The van der Waals surface area contributed by atoms with Crippen molar-refractivity contribution in [3.8, 4) is 0 Å². The molecule has 0 bridgehead atoms. The molecule has 0 unspecified atom stereocenters. The molecule has 9 heavy (non-hydrogen) atoms. The summed E-state index contributed by atoms with van der Waals surface area (Å²) in [5.74, 6) is 0. The van der Waals surface area contributed by atoms with Gasteiger partial charge in [-0.25, -0.2) is 0 Å². The zero-order chi connectivity index (χ0) is 5.70. The van der Waals surface area contributed by atoms with Crippen LogP contribution in [0.2, 0.25) is 0 Å². The average molecular weight is 433 g/mol. The van der Waals surface area contributed by atoms with Crippen LogP contribution in [0.15, 0.2) is 15.7 Å². The third-order valence-corrected chi connectivity index (χ3v) is 2.85. The molecule has 0 spiro atoms. The smallest absolute Gasteiger partial charge is 0 e. The van der Waals surface area contributed by atoms with E-state index in [1.54, 1.807) is 6.20 Å². The summed E-state index contributed by atoms with van der Waals surface area (Å²) in [5.41, 5.74) is 0. The molecular weight excluding hydrogens is 427 g/mol. The van der Waals surface area contributed by atoms with E-state index in [2.05, 4.69) is 20.9 Å². The Morgan fingerprint density at radius 3 is 2.22 bits per heavy atom. The maximum atomic E-state index is 4.81. The number of rotatable bonds is 2. The Morgan fingerprint density at radius 2 is 2.11 bits per heavy atom. The molecule has 0 rings (SSSR count). The second kappa shape index (κ2) is 12.2. The minimum absolute atomic E-state index is 0. The van der Waals surface area contributed by atoms with Crippen LogP contribution in [0.1, 0.15) is 0 Å². The van der Waals surface area contributed by atoms with Gasteiger partial charge < -0.3 is 7.43 Å². The summed E-state index contributed by atoms with van der Waals surface area (Å²) < 4.78 is 2.88. The number of hydrogen-bond acceptors (Lipinski definition) is 1. The molecule has 0 heterocycles. The molecule has 0 aliphatic heterocycles. The third kappa shape index (κ3) is 12.7. The zero-order valence-corrected chi connectivity index (χ0v) is 12.4. The van der Waals surface area contributed by atoms with Gasteiger partial charge in [-0.2, -0.15) is 0 Å². The molecular formula is C5H6BrNWY-2. The largest absolute Gasteiger partial charge is 0.358 e. The Morgan fingerprint density at radius 1 is 1.67 bits per heavy atom. The number of allylic oxidation sites excluding steroid dienone is 1. The molecule has 4 heteroatoms. The van der Waals surface area contributed by atoms with E-state index in [0.29, 0.717) is 0 Å². The molecule has 0 aliphatic carbocycles. The maximum absolute atomic E-state index is 4.81. The van der Waals surface area contributed by atoms with Crippen molar-refractivity contribution in [2.75, 3.05) is 0 Å². The fourth-order valence-corrected chi connectivity index (χ4v) is 0.438.